The first kappa shape index (κ1) is 19.5. The third-order valence-corrected chi connectivity index (χ3v) is 4.17. The molecule has 0 saturated heterocycles. The van der Waals surface area contributed by atoms with Crippen molar-refractivity contribution in [3.8, 4) is 5.75 Å². The van der Waals surface area contributed by atoms with Gasteiger partial charge >= 0.3 is 0 Å². The normalized spacial score (nSPS) is 11.5. The van der Waals surface area contributed by atoms with E-state index in [1.165, 1.54) is 6.26 Å². The molecule has 144 valence electrons. The van der Waals surface area contributed by atoms with Gasteiger partial charge in [0.15, 0.2) is 11.9 Å². The Morgan fingerprint density at radius 3 is 2.43 bits per heavy atom. The summed E-state index contributed by atoms with van der Waals surface area (Å²) in [5, 5.41) is 6.18. The zero-order chi connectivity index (χ0) is 19.9. The molecular weight excluding hydrogens is 380 g/mol. The molecule has 2 amide bonds. The van der Waals surface area contributed by atoms with E-state index >= 15 is 0 Å². The lowest BCUT2D eigenvalue weighted by molar-refractivity contribution is -0.127. The monoisotopic (exact) mass is 398 g/mol. The van der Waals surface area contributed by atoms with Crippen LogP contribution in [0.3, 0.4) is 0 Å². The summed E-state index contributed by atoms with van der Waals surface area (Å²) in [6, 6.07) is 17.2. The minimum Gasteiger partial charge on any atom is -0.481 e. The molecule has 0 aliphatic heterocycles. The van der Waals surface area contributed by atoms with Gasteiger partial charge in [-0.05, 0) is 61.0 Å². The van der Waals surface area contributed by atoms with E-state index in [4.69, 9.17) is 20.8 Å². The van der Waals surface area contributed by atoms with Gasteiger partial charge < -0.3 is 19.8 Å². The second kappa shape index (κ2) is 9.10. The zero-order valence-corrected chi connectivity index (χ0v) is 15.9. The van der Waals surface area contributed by atoms with Gasteiger partial charge in [-0.25, -0.2) is 0 Å². The van der Waals surface area contributed by atoms with Crippen LogP contribution >= 0.6 is 11.6 Å². The molecule has 0 unspecified atom stereocenters. The van der Waals surface area contributed by atoms with Crippen molar-refractivity contribution in [1.29, 1.82) is 0 Å². The van der Waals surface area contributed by atoms with Crippen LogP contribution in [0.2, 0.25) is 5.02 Å². The number of hydrogen-bond donors (Lipinski definition) is 2. The Kier molecular flexibility index (Phi) is 6.34. The minimum absolute atomic E-state index is 0.228. The zero-order valence-electron chi connectivity index (χ0n) is 15.1. The van der Waals surface area contributed by atoms with Crippen LogP contribution in [-0.2, 0) is 11.3 Å². The largest absolute Gasteiger partial charge is 0.481 e. The van der Waals surface area contributed by atoms with Gasteiger partial charge in [-0.3, -0.25) is 9.59 Å². The maximum atomic E-state index is 12.2. The molecule has 0 aliphatic carbocycles. The van der Waals surface area contributed by atoms with E-state index in [1.807, 2.05) is 12.1 Å². The fourth-order valence-electron chi connectivity index (χ4n) is 2.41. The number of benzene rings is 2. The van der Waals surface area contributed by atoms with Crippen molar-refractivity contribution >= 4 is 29.1 Å². The smallest absolute Gasteiger partial charge is 0.291 e. The quantitative estimate of drug-likeness (QED) is 0.622. The molecule has 6 nitrogen and oxygen atoms in total. The highest BCUT2D eigenvalue weighted by Crippen LogP contribution is 2.18. The average molecular weight is 399 g/mol. The first-order valence-corrected chi connectivity index (χ1v) is 9.03. The Balaban J connectivity index is 1.49. The lowest BCUT2D eigenvalue weighted by Gasteiger charge is -2.15. The van der Waals surface area contributed by atoms with Crippen LogP contribution < -0.4 is 15.4 Å². The van der Waals surface area contributed by atoms with Crippen LogP contribution in [0.5, 0.6) is 5.75 Å². The van der Waals surface area contributed by atoms with E-state index in [0.29, 0.717) is 23.0 Å². The van der Waals surface area contributed by atoms with E-state index in [0.717, 1.165) is 5.56 Å². The molecule has 1 heterocycles. The third kappa shape index (κ3) is 5.37. The summed E-state index contributed by atoms with van der Waals surface area (Å²) in [5.41, 5.74) is 1.54. The average Bonchev–Trinajstić information content (AvgIpc) is 3.24. The van der Waals surface area contributed by atoms with Crippen molar-refractivity contribution in [3.63, 3.8) is 0 Å². The van der Waals surface area contributed by atoms with Crippen LogP contribution in [0.1, 0.15) is 23.0 Å². The molecule has 1 aromatic heterocycles. The summed E-state index contributed by atoms with van der Waals surface area (Å²) in [5.74, 6) is 0.176. The molecule has 0 bridgehead atoms. The summed E-state index contributed by atoms with van der Waals surface area (Å²) < 4.78 is 10.7. The van der Waals surface area contributed by atoms with Gasteiger partial charge in [0.2, 0.25) is 0 Å². The number of carbonyl (C=O) groups is 2. The highest BCUT2D eigenvalue weighted by Gasteiger charge is 2.14. The number of anilines is 1. The maximum absolute atomic E-state index is 12.2. The fraction of sp³-hybridized carbons (Fsp3) is 0.143. The predicted molar refractivity (Wildman–Crippen MR) is 106 cm³/mol. The molecule has 0 aliphatic rings. The van der Waals surface area contributed by atoms with E-state index in [9.17, 15) is 9.59 Å². The lowest BCUT2D eigenvalue weighted by Crippen LogP contribution is -2.35. The first-order valence-electron chi connectivity index (χ1n) is 8.65. The minimum atomic E-state index is -0.670. The molecule has 3 rings (SSSR count). The van der Waals surface area contributed by atoms with Crippen molar-refractivity contribution in [1.82, 2.24) is 5.32 Å². The number of rotatable bonds is 7. The van der Waals surface area contributed by atoms with E-state index in [1.54, 1.807) is 55.5 Å². The Labute approximate surface area is 167 Å². The number of nitrogens with one attached hydrogen (secondary N) is 2. The van der Waals surface area contributed by atoms with Gasteiger partial charge in [-0.2, -0.15) is 0 Å². The molecule has 2 N–H and O–H groups in total. The number of hydrogen-bond acceptors (Lipinski definition) is 4. The van der Waals surface area contributed by atoms with Gasteiger partial charge in [0.05, 0.1) is 6.26 Å². The maximum Gasteiger partial charge on any atom is 0.291 e. The van der Waals surface area contributed by atoms with Crippen molar-refractivity contribution < 1.29 is 18.7 Å². The van der Waals surface area contributed by atoms with Gasteiger partial charge in [-0.15, -0.1) is 0 Å². The van der Waals surface area contributed by atoms with E-state index in [-0.39, 0.29) is 17.6 Å². The second-order valence-electron chi connectivity index (χ2n) is 6.06. The van der Waals surface area contributed by atoms with Gasteiger partial charge in [-0.1, -0.05) is 23.7 Å². The number of ether oxygens (including phenoxy) is 1. The summed E-state index contributed by atoms with van der Waals surface area (Å²) in [4.78, 5) is 24.1. The van der Waals surface area contributed by atoms with Gasteiger partial charge in [0.25, 0.3) is 11.8 Å². The number of halogens is 1. The third-order valence-electron chi connectivity index (χ3n) is 3.92. The summed E-state index contributed by atoms with van der Waals surface area (Å²) >= 11 is 5.84. The van der Waals surface area contributed by atoms with E-state index in [2.05, 4.69) is 10.6 Å². The lowest BCUT2D eigenvalue weighted by atomic mass is 10.2. The molecule has 0 fully saturated rings. The van der Waals surface area contributed by atoms with Crippen LogP contribution in [-0.4, -0.2) is 17.9 Å². The fourth-order valence-corrected chi connectivity index (χ4v) is 2.54. The second-order valence-corrected chi connectivity index (χ2v) is 6.50. The molecule has 2 aromatic carbocycles. The molecule has 0 radical (unpaired) electrons. The van der Waals surface area contributed by atoms with Crippen LogP contribution in [0.15, 0.2) is 71.3 Å². The van der Waals surface area contributed by atoms with Crippen molar-refractivity contribution in [2.24, 2.45) is 0 Å². The topological polar surface area (TPSA) is 80.6 Å². The molecular formula is C21H19ClN2O4. The number of carbonyl (C=O) groups excluding carboxylic acids is 2. The molecule has 28 heavy (non-hydrogen) atoms. The van der Waals surface area contributed by atoms with Crippen molar-refractivity contribution in [2.45, 2.75) is 19.6 Å². The SMILES string of the molecule is C[C@H](Oc1ccc(NC(=O)c2ccco2)cc1)C(=O)NCc1ccc(Cl)cc1. The molecule has 7 heteroatoms. The van der Waals surface area contributed by atoms with Gasteiger partial charge in [0.1, 0.15) is 5.75 Å². The number of furan rings is 1. The number of amides is 2. The highest BCUT2D eigenvalue weighted by atomic mass is 35.5. The Hall–Kier alpha value is -3.25. The summed E-state index contributed by atoms with van der Waals surface area (Å²) in [7, 11) is 0. The molecule has 0 spiro atoms. The van der Waals surface area contributed by atoms with Gasteiger partial charge in [0, 0.05) is 17.3 Å². The standard InChI is InChI=1S/C21H19ClN2O4/c1-14(20(25)23-13-15-4-6-16(22)7-5-15)28-18-10-8-17(9-11-18)24-21(26)19-3-2-12-27-19/h2-12,14H,13H2,1H3,(H,23,25)(H,24,26)/t14-/m0/s1. The van der Waals surface area contributed by atoms with Crippen LogP contribution in [0, 0.1) is 0 Å². The first-order chi connectivity index (χ1) is 13.5. The molecule has 3 aromatic rings. The van der Waals surface area contributed by atoms with Crippen molar-refractivity contribution in [2.75, 3.05) is 5.32 Å². The summed E-state index contributed by atoms with van der Waals surface area (Å²) in [6.45, 7) is 2.06. The van der Waals surface area contributed by atoms with Crippen LogP contribution in [0.4, 0.5) is 5.69 Å². The van der Waals surface area contributed by atoms with Crippen molar-refractivity contribution in [3.05, 3.63) is 83.3 Å². The van der Waals surface area contributed by atoms with Crippen LogP contribution in [0.25, 0.3) is 0 Å². The molecule has 1 atom stereocenters. The highest BCUT2D eigenvalue weighted by molar-refractivity contribution is 6.30. The summed E-state index contributed by atoms with van der Waals surface area (Å²) in [6.07, 6.45) is 0.765. The Morgan fingerprint density at radius 1 is 1.07 bits per heavy atom. The Morgan fingerprint density at radius 2 is 1.79 bits per heavy atom. The predicted octanol–water partition coefficient (Wildman–Crippen LogP) is 4.27. The van der Waals surface area contributed by atoms with E-state index < -0.39 is 6.10 Å². The molecule has 0 saturated carbocycles. The Bertz CT molecular complexity index is 922.